The van der Waals surface area contributed by atoms with Crippen molar-refractivity contribution in [3.8, 4) is 0 Å². The van der Waals surface area contributed by atoms with Gasteiger partial charge in [0, 0.05) is 19.5 Å². The van der Waals surface area contributed by atoms with Gasteiger partial charge in [0.2, 0.25) is 0 Å². The predicted molar refractivity (Wildman–Crippen MR) is 72.4 cm³/mol. The normalized spacial score (nSPS) is 18.2. The van der Waals surface area contributed by atoms with Crippen molar-refractivity contribution in [2.75, 3.05) is 13.1 Å². The molecule has 110 valence electrons. The standard InChI is InChI=1S/C14H20N2O4/c1-10-6-7-12(20-10)11-4-3-9-16(11)14(19)15-8-2-5-13(17)18/h6-7,11H,2-5,8-9H2,1H3,(H,15,19)(H,17,18). The first-order valence-electron chi connectivity index (χ1n) is 6.90. The average molecular weight is 280 g/mol. The maximum Gasteiger partial charge on any atom is 0.318 e. The van der Waals surface area contributed by atoms with E-state index in [2.05, 4.69) is 5.32 Å². The highest BCUT2D eigenvalue weighted by Gasteiger charge is 2.31. The average Bonchev–Trinajstić information content (AvgIpc) is 3.02. The lowest BCUT2D eigenvalue weighted by molar-refractivity contribution is -0.137. The number of urea groups is 1. The van der Waals surface area contributed by atoms with Crippen LogP contribution in [0.25, 0.3) is 0 Å². The largest absolute Gasteiger partial charge is 0.481 e. The first-order chi connectivity index (χ1) is 9.58. The monoisotopic (exact) mass is 280 g/mol. The molecule has 1 atom stereocenters. The SMILES string of the molecule is Cc1ccc(C2CCCN2C(=O)NCCCC(=O)O)o1. The summed E-state index contributed by atoms with van der Waals surface area (Å²) in [7, 11) is 0. The highest BCUT2D eigenvalue weighted by molar-refractivity contribution is 5.75. The van der Waals surface area contributed by atoms with Gasteiger partial charge in [0.1, 0.15) is 11.5 Å². The molecule has 1 aliphatic heterocycles. The van der Waals surface area contributed by atoms with Crippen LogP contribution in [0.3, 0.4) is 0 Å². The third-order valence-corrected chi connectivity index (χ3v) is 3.45. The number of carboxylic acids is 1. The molecule has 1 aromatic rings. The maximum absolute atomic E-state index is 12.1. The molecule has 2 N–H and O–H groups in total. The molecule has 0 saturated carbocycles. The Hall–Kier alpha value is -1.98. The van der Waals surface area contributed by atoms with Crippen molar-refractivity contribution in [2.45, 2.75) is 38.6 Å². The van der Waals surface area contributed by atoms with E-state index in [1.54, 1.807) is 4.90 Å². The number of carboxylic acid groups (broad SMARTS) is 1. The number of rotatable bonds is 5. The van der Waals surface area contributed by atoms with Crippen molar-refractivity contribution < 1.29 is 19.1 Å². The molecule has 0 aliphatic carbocycles. The van der Waals surface area contributed by atoms with Crippen LogP contribution >= 0.6 is 0 Å². The molecule has 1 unspecified atom stereocenters. The van der Waals surface area contributed by atoms with Crippen LogP contribution in [0, 0.1) is 6.92 Å². The number of carbonyl (C=O) groups excluding carboxylic acids is 1. The van der Waals surface area contributed by atoms with E-state index in [-0.39, 0.29) is 18.5 Å². The van der Waals surface area contributed by atoms with Crippen molar-refractivity contribution in [3.63, 3.8) is 0 Å². The van der Waals surface area contributed by atoms with Gasteiger partial charge in [-0.05, 0) is 38.3 Å². The van der Waals surface area contributed by atoms with E-state index >= 15 is 0 Å². The van der Waals surface area contributed by atoms with E-state index in [9.17, 15) is 9.59 Å². The second kappa shape index (κ2) is 6.45. The summed E-state index contributed by atoms with van der Waals surface area (Å²) in [5.41, 5.74) is 0. The first-order valence-corrected chi connectivity index (χ1v) is 6.90. The van der Waals surface area contributed by atoms with Crippen molar-refractivity contribution in [2.24, 2.45) is 0 Å². The van der Waals surface area contributed by atoms with Gasteiger partial charge in [-0.15, -0.1) is 0 Å². The number of furan rings is 1. The minimum atomic E-state index is -0.843. The Morgan fingerprint density at radius 1 is 1.50 bits per heavy atom. The molecule has 1 saturated heterocycles. The molecule has 2 rings (SSSR count). The number of carbonyl (C=O) groups is 2. The molecule has 0 aromatic carbocycles. The zero-order chi connectivity index (χ0) is 14.5. The fraction of sp³-hybridized carbons (Fsp3) is 0.571. The Morgan fingerprint density at radius 3 is 2.95 bits per heavy atom. The van der Waals surface area contributed by atoms with Gasteiger partial charge in [-0.2, -0.15) is 0 Å². The number of likely N-dealkylation sites (tertiary alicyclic amines) is 1. The fourth-order valence-corrected chi connectivity index (χ4v) is 2.47. The number of hydrogen-bond donors (Lipinski definition) is 2. The number of nitrogens with zero attached hydrogens (tertiary/aromatic N) is 1. The van der Waals surface area contributed by atoms with Crippen molar-refractivity contribution >= 4 is 12.0 Å². The van der Waals surface area contributed by atoms with Crippen LogP contribution in [0.4, 0.5) is 4.79 Å². The van der Waals surface area contributed by atoms with E-state index < -0.39 is 5.97 Å². The number of aliphatic carboxylic acids is 1. The van der Waals surface area contributed by atoms with Crippen LogP contribution < -0.4 is 5.32 Å². The molecule has 0 bridgehead atoms. The quantitative estimate of drug-likeness (QED) is 0.811. The Labute approximate surface area is 117 Å². The highest BCUT2D eigenvalue weighted by Crippen LogP contribution is 2.32. The van der Waals surface area contributed by atoms with Crippen molar-refractivity contribution in [3.05, 3.63) is 23.7 Å². The Bertz CT molecular complexity index is 483. The second-order valence-electron chi connectivity index (χ2n) is 5.03. The summed E-state index contributed by atoms with van der Waals surface area (Å²) < 4.78 is 5.61. The van der Waals surface area contributed by atoms with Gasteiger partial charge in [-0.1, -0.05) is 0 Å². The summed E-state index contributed by atoms with van der Waals surface area (Å²) in [4.78, 5) is 24.3. The van der Waals surface area contributed by atoms with E-state index in [0.29, 0.717) is 19.5 Å². The van der Waals surface area contributed by atoms with Crippen LogP contribution in [-0.2, 0) is 4.79 Å². The minimum Gasteiger partial charge on any atom is -0.481 e. The van der Waals surface area contributed by atoms with Gasteiger partial charge in [-0.25, -0.2) is 4.79 Å². The van der Waals surface area contributed by atoms with E-state index in [0.717, 1.165) is 24.4 Å². The molecular formula is C14H20N2O4. The summed E-state index contributed by atoms with van der Waals surface area (Å²) in [6, 6.07) is 3.65. The molecule has 1 aliphatic rings. The molecule has 20 heavy (non-hydrogen) atoms. The van der Waals surface area contributed by atoms with Crippen LogP contribution in [0.1, 0.15) is 43.2 Å². The summed E-state index contributed by atoms with van der Waals surface area (Å²) >= 11 is 0. The third kappa shape index (κ3) is 3.53. The lowest BCUT2D eigenvalue weighted by atomic mass is 10.2. The summed E-state index contributed by atoms with van der Waals surface area (Å²) in [6.07, 6.45) is 2.36. The van der Waals surface area contributed by atoms with Gasteiger partial charge in [0.15, 0.2) is 0 Å². The molecule has 6 nitrogen and oxygen atoms in total. The third-order valence-electron chi connectivity index (χ3n) is 3.45. The van der Waals surface area contributed by atoms with Gasteiger partial charge in [0.25, 0.3) is 0 Å². The minimum absolute atomic E-state index is 0.0110. The topological polar surface area (TPSA) is 82.8 Å². The summed E-state index contributed by atoms with van der Waals surface area (Å²) in [6.45, 7) is 2.97. The predicted octanol–water partition coefficient (Wildman–Crippen LogP) is 2.30. The highest BCUT2D eigenvalue weighted by atomic mass is 16.4. The van der Waals surface area contributed by atoms with Crippen LogP contribution in [-0.4, -0.2) is 35.1 Å². The first kappa shape index (κ1) is 14.4. The Morgan fingerprint density at radius 2 is 2.30 bits per heavy atom. The Kier molecular flexibility index (Phi) is 4.65. The van der Waals surface area contributed by atoms with E-state index in [1.165, 1.54) is 0 Å². The van der Waals surface area contributed by atoms with Gasteiger partial charge in [0.05, 0.1) is 6.04 Å². The van der Waals surface area contributed by atoms with Crippen LogP contribution in [0.2, 0.25) is 0 Å². The summed E-state index contributed by atoms with van der Waals surface area (Å²) in [5, 5.41) is 11.3. The molecule has 2 amide bonds. The molecule has 1 aromatic heterocycles. The lowest BCUT2D eigenvalue weighted by Gasteiger charge is -2.23. The van der Waals surface area contributed by atoms with Crippen LogP contribution in [0.15, 0.2) is 16.5 Å². The second-order valence-corrected chi connectivity index (χ2v) is 5.03. The molecule has 2 heterocycles. The zero-order valence-electron chi connectivity index (χ0n) is 11.6. The van der Waals surface area contributed by atoms with Gasteiger partial charge >= 0.3 is 12.0 Å². The lowest BCUT2D eigenvalue weighted by Crippen LogP contribution is -2.39. The number of amides is 2. The molecule has 0 spiro atoms. The Balaban J connectivity index is 1.87. The van der Waals surface area contributed by atoms with Gasteiger partial charge in [-0.3, -0.25) is 4.79 Å². The van der Waals surface area contributed by atoms with Gasteiger partial charge < -0.3 is 19.7 Å². The number of nitrogens with one attached hydrogen (secondary N) is 1. The van der Waals surface area contributed by atoms with Crippen molar-refractivity contribution in [1.29, 1.82) is 0 Å². The number of hydrogen-bond acceptors (Lipinski definition) is 3. The van der Waals surface area contributed by atoms with E-state index in [1.807, 2.05) is 19.1 Å². The van der Waals surface area contributed by atoms with Crippen LogP contribution in [0.5, 0.6) is 0 Å². The summed E-state index contributed by atoms with van der Waals surface area (Å²) in [5.74, 6) is 0.818. The zero-order valence-corrected chi connectivity index (χ0v) is 11.6. The molecule has 0 radical (unpaired) electrons. The molecule has 6 heteroatoms. The molecular weight excluding hydrogens is 260 g/mol. The smallest absolute Gasteiger partial charge is 0.318 e. The maximum atomic E-state index is 12.1. The number of aryl methyl sites for hydroxylation is 1. The molecule has 1 fully saturated rings. The van der Waals surface area contributed by atoms with E-state index in [4.69, 9.17) is 9.52 Å². The fourth-order valence-electron chi connectivity index (χ4n) is 2.47. The van der Waals surface area contributed by atoms with Crippen molar-refractivity contribution in [1.82, 2.24) is 10.2 Å².